The van der Waals surface area contributed by atoms with Gasteiger partial charge in [-0.1, -0.05) is 0 Å². The number of rotatable bonds is 6. The van der Waals surface area contributed by atoms with Gasteiger partial charge in [0, 0.05) is 12.5 Å². The van der Waals surface area contributed by atoms with Crippen molar-refractivity contribution in [2.45, 2.75) is 19.3 Å². The SMILES string of the molecule is COC(=O)c1cc(NC(=O)CCCCN)c(F)cc1F. The average Bonchev–Trinajstić information content (AvgIpc) is 2.41. The van der Waals surface area contributed by atoms with Crippen molar-refractivity contribution >= 4 is 17.6 Å². The van der Waals surface area contributed by atoms with Crippen molar-refractivity contribution in [3.63, 3.8) is 0 Å². The van der Waals surface area contributed by atoms with Gasteiger partial charge in [0.1, 0.15) is 11.6 Å². The molecule has 3 N–H and O–H groups in total. The van der Waals surface area contributed by atoms with E-state index in [4.69, 9.17) is 5.73 Å². The molecule has 1 aromatic rings. The third kappa shape index (κ3) is 4.27. The molecule has 1 rings (SSSR count). The van der Waals surface area contributed by atoms with Gasteiger partial charge in [-0.05, 0) is 25.5 Å². The van der Waals surface area contributed by atoms with Gasteiger partial charge in [0.05, 0.1) is 18.4 Å². The fourth-order valence-electron chi connectivity index (χ4n) is 1.55. The smallest absolute Gasteiger partial charge is 0.340 e. The van der Waals surface area contributed by atoms with Crippen LogP contribution in [0, 0.1) is 11.6 Å². The third-order valence-corrected chi connectivity index (χ3v) is 2.59. The van der Waals surface area contributed by atoms with Gasteiger partial charge < -0.3 is 15.8 Å². The Labute approximate surface area is 115 Å². The number of carbonyl (C=O) groups excluding carboxylic acids is 2. The molecule has 0 radical (unpaired) electrons. The van der Waals surface area contributed by atoms with Crippen LogP contribution in [-0.4, -0.2) is 25.5 Å². The van der Waals surface area contributed by atoms with Crippen LogP contribution in [0.3, 0.4) is 0 Å². The number of methoxy groups -OCH3 is 1. The summed E-state index contributed by atoms with van der Waals surface area (Å²) in [6.45, 7) is 0.463. The molecule has 1 aromatic carbocycles. The molecule has 0 aliphatic heterocycles. The summed E-state index contributed by atoms with van der Waals surface area (Å²) in [7, 11) is 1.08. The van der Waals surface area contributed by atoms with Crippen LogP contribution in [0.4, 0.5) is 14.5 Å². The highest BCUT2D eigenvalue weighted by molar-refractivity contribution is 5.94. The van der Waals surface area contributed by atoms with Gasteiger partial charge in [-0.25, -0.2) is 13.6 Å². The van der Waals surface area contributed by atoms with Crippen LogP contribution in [0.15, 0.2) is 12.1 Å². The predicted octanol–water partition coefficient (Wildman–Crippen LogP) is 1.82. The summed E-state index contributed by atoms with van der Waals surface area (Å²) in [5.74, 6) is -3.38. The molecule has 0 heterocycles. The van der Waals surface area contributed by atoms with E-state index in [1.807, 2.05) is 0 Å². The first-order chi connectivity index (χ1) is 9.49. The molecule has 5 nitrogen and oxygen atoms in total. The Balaban J connectivity index is 2.84. The van der Waals surface area contributed by atoms with Gasteiger partial charge >= 0.3 is 5.97 Å². The highest BCUT2D eigenvalue weighted by Gasteiger charge is 2.17. The summed E-state index contributed by atoms with van der Waals surface area (Å²) >= 11 is 0. The predicted molar refractivity (Wildman–Crippen MR) is 69.2 cm³/mol. The Morgan fingerprint density at radius 3 is 2.55 bits per heavy atom. The number of hydrogen-bond donors (Lipinski definition) is 2. The molecule has 0 fully saturated rings. The summed E-state index contributed by atoms with van der Waals surface area (Å²) < 4.78 is 31.3. The van der Waals surface area contributed by atoms with Crippen molar-refractivity contribution in [1.29, 1.82) is 0 Å². The number of ether oxygens (including phenoxy) is 1. The summed E-state index contributed by atoms with van der Waals surface area (Å²) in [6, 6.07) is 1.44. The van der Waals surface area contributed by atoms with Gasteiger partial charge in [0.25, 0.3) is 0 Å². The number of unbranched alkanes of at least 4 members (excludes halogenated alkanes) is 1. The number of nitrogens with one attached hydrogen (secondary N) is 1. The minimum atomic E-state index is -1.05. The van der Waals surface area contributed by atoms with E-state index in [0.717, 1.165) is 13.2 Å². The van der Waals surface area contributed by atoms with Crippen molar-refractivity contribution in [3.8, 4) is 0 Å². The zero-order chi connectivity index (χ0) is 15.1. The van der Waals surface area contributed by atoms with E-state index >= 15 is 0 Å². The highest BCUT2D eigenvalue weighted by Crippen LogP contribution is 2.20. The van der Waals surface area contributed by atoms with Crippen LogP contribution >= 0.6 is 0 Å². The second-order valence-corrected chi connectivity index (χ2v) is 4.10. The average molecular weight is 286 g/mol. The lowest BCUT2D eigenvalue weighted by Crippen LogP contribution is -2.15. The van der Waals surface area contributed by atoms with E-state index in [2.05, 4.69) is 10.1 Å². The lowest BCUT2D eigenvalue weighted by Gasteiger charge is -2.09. The zero-order valence-corrected chi connectivity index (χ0v) is 11.0. The van der Waals surface area contributed by atoms with Crippen LogP contribution in [0.5, 0.6) is 0 Å². The number of hydrogen-bond acceptors (Lipinski definition) is 4. The number of nitrogens with two attached hydrogens (primary N) is 1. The van der Waals surface area contributed by atoms with Gasteiger partial charge in [-0.3, -0.25) is 4.79 Å². The van der Waals surface area contributed by atoms with Crippen LogP contribution in [0.25, 0.3) is 0 Å². The lowest BCUT2D eigenvalue weighted by molar-refractivity contribution is -0.116. The van der Waals surface area contributed by atoms with E-state index in [1.54, 1.807) is 0 Å². The lowest BCUT2D eigenvalue weighted by atomic mass is 10.1. The maximum Gasteiger partial charge on any atom is 0.340 e. The molecule has 0 unspecified atom stereocenters. The first-order valence-corrected chi connectivity index (χ1v) is 6.07. The van der Waals surface area contributed by atoms with E-state index in [-0.39, 0.29) is 12.1 Å². The van der Waals surface area contributed by atoms with Crippen molar-refractivity contribution in [3.05, 3.63) is 29.3 Å². The second-order valence-electron chi connectivity index (χ2n) is 4.10. The molecule has 0 aliphatic rings. The number of anilines is 1. The van der Waals surface area contributed by atoms with Gasteiger partial charge in [0.15, 0.2) is 0 Å². The molecule has 0 atom stereocenters. The van der Waals surface area contributed by atoms with E-state index in [0.29, 0.717) is 25.5 Å². The van der Waals surface area contributed by atoms with E-state index < -0.39 is 29.1 Å². The quantitative estimate of drug-likeness (QED) is 0.617. The van der Waals surface area contributed by atoms with Crippen molar-refractivity contribution in [1.82, 2.24) is 0 Å². The Morgan fingerprint density at radius 1 is 1.25 bits per heavy atom. The minimum Gasteiger partial charge on any atom is -0.465 e. The molecule has 7 heteroatoms. The van der Waals surface area contributed by atoms with Gasteiger partial charge in [-0.2, -0.15) is 0 Å². The van der Waals surface area contributed by atoms with Crippen molar-refractivity contribution < 1.29 is 23.1 Å². The summed E-state index contributed by atoms with van der Waals surface area (Å²) in [4.78, 5) is 22.8. The summed E-state index contributed by atoms with van der Waals surface area (Å²) in [6.07, 6.45) is 1.41. The molecule has 0 saturated heterocycles. The minimum absolute atomic E-state index is 0.168. The number of carbonyl (C=O) groups is 2. The van der Waals surface area contributed by atoms with Crippen molar-refractivity contribution in [2.24, 2.45) is 5.73 Å². The second kappa shape index (κ2) is 7.54. The standard InChI is InChI=1S/C13H16F2N2O3/c1-20-13(19)8-6-11(10(15)7-9(8)14)17-12(18)4-2-3-5-16/h6-7H,2-5,16H2,1H3,(H,17,18). The molecule has 0 aliphatic carbocycles. The number of benzene rings is 1. The normalized spacial score (nSPS) is 10.2. The number of halogens is 2. The largest absolute Gasteiger partial charge is 0.465 e. The fraction of sp³-hybridized carbons (Fsp3) is 0.385. The van der Waals surface area contributed by atoms with Gasteiger partial charge in [0.2, 0.25) is 5.91 Å². The monoisotopic (exact) mass is 286 g/mol. The molecular weight excluding hydrogens is 270 g/mol. The first kappa shape index (κ1) is 16.0. The van der Waals surface area contributed by atoms with E-state index in [9.17, 15) is 18.4 Å². The fourth-order valence-corrected chi connectivity index (χ4v) is 1.55. The maximum absolute atomic E-state index is 13.5. The molecular formula is C13H16F2N2O3. The zero-order valence-electron chi connectivity index (χ0n) is 11.0. The summed E-state index contributed by atoms with van der Waals surface area (Å²) in [5.41, 5.74) is 4.59. The molecule has 0 spiro atoms. The first-order valence-electron chi connectivity index (χ1n) is 6.07. The topological polar surface area (TPSA) is 81.4 Å². The van der Waals surface area contributed by atoms with E-state index in [1.165, 1.54) is 0 Å². The van der Waals surface area contributed by atoms with Crippen LogP contribution in [0.1, 0.15) is 29.6 Å². The highest BCUT2D eigenvalue weighted by atomic mass is 19.1. The molecule has 0 saturated carbocycles. The molecule has 110 valence electrons. The number of amides is 1. The third-order valence-electron chi connectivity index (χ3n) is 2.59. The molecule has 0 bridgehead atoms. The Hall–Kier alpha value is -2.02. The Bertz CT molecular complexity index is 507. The van der Waals surface area contributed by atoms with Crippen LogP contribution < -0.4 is 11.1 Å². The summed E-state index contributed by atoms with van der Waals surface area (Å²) in [5, 5.41) is 2.29. The Morgan fingerprint density at radius 2 is 1.95 bits per heavy atom. The molecule has 1 amide bonds. The molecule has 20 heavy (non-hydrogen) atoms. The Kier molecular flexibility index (Phi) is 6.05. The number of esters is 1. The maximum atomic E-state index is 13.5. The molecule has 0 aromatic heterocycles. The van der Waals surface area contributed by atoms with Crippen molar-refractivity contribution in [2.75, 3.05) is 19.0 Å². The van der Waals surface area contributed by atoms with Gasteiger partial charge in [-0.15, -0.1) is 0 Å². The van der Waals surface area contributed by atoms with Crippen LogP contribution in [-0.2, 0) is 9.53 Å². The van der Waals surface area contributed by atoms with Crippen LogP contribution in [0.2, 0.25) is 0 Å².